The van der Waals surface area contributed by atoms with Gasteiger partial charge < -0.3 is 10.2 Å². The number of benzene rings is 1. The lowest BCUT2D eigenvalue weighted by molar-refractivity contribution is -0.139. The number of hydrogen-bond acceptors (Lipinski definition) is 2. The van der Waals surface area contributed by atoms with E-state index in [1.165, 1.54) is 0 Å². The molecule has 0 radical (unpaired) electrons. The number of halogens is 3. The SMILES string of the molecule is CN(Cc1ccc(Cl)c(Cl)c1)C(=O)C1(C)CCNC1.Cl. The van der Waals surface area contributed by atoms with Crippen LogP contribution in [0.25, 0.3) is 0 Å². The van der Waals surface area contributed by atoms with E-state index < -0.39 is 0 Å². The summed E-state index contributed by atoms with van der Waals surface area (Å²) in [5.41, 5.74) is 0.699. The van der Waals surface area contributed by atoms with E-state index in [1.54, 1.807) is 11.0 Å². The molecule has 0 aliphatic carbocycles. The van der Waals surface area contributed by atoms with Crippen LogP contribution in [0.2, 0.25) is 10.0 Å². The average Bonchev–Trinajstić information content (AvgIpc) is 2.81. The molecule has 0 saturated carbocycles. The van der Waals surface area contributed by atoms with Gasteiger partial charge in [0.25, 0.3) is 0 Å². The summed E-state index contributed by atoms with van der Waals surface area (Å²) >= 11 is 11.9. The lowest BCUT2D eigenvalue weighted by Gasteiger charge is -2.28. The van der Waals surface area contributed by atoms with Crippen LogP contribution in [0.5, 0.6) is 0 Å². The number of rotatable bonds is 3. The lowest BCUT2D eigenvalue weighted by atomic mass is 9.88. The molecular formula is C14H19Cl3N2O. The summed E-state index contributed by atoms with van der Waals surface area (Å²) in [5, 5.41) is 4.30. The molecule has 1 aromatic rings. The summed E-state index contributed by atoms with van der Waals surface area (Å²) in [7, 11) is 1.83. The van der Waals surface area contributed by atoms with Crippen molar-refractivity contribution in [3.05, 3.63) is 33.8 Å². The van der Waals surface area contributed by atoms with Gasteiger partial charge in [-0.15, -0.1) is 12.4 Å². The van der Waals surface area contributed by atoms with Crippen LogP contribution in [-0.4, -0.2) is 30.9 Å². The molecule has 1 aliphatic rings. The van der Waals surface area contributed by atoms with Crippen molar-refractivity contribution in [3.8, 4) is 0 Å². The van der Waals surface area contributed by atoms with Crippen LogP contribution in [0.1, 0.15) is 18.9 Å². The Bertz CT molecular complexity index is 487. The monoisotopic (exact) mass is 336 g/mol. The second-order valence-corrected chi connectivity index (χ2v) is 6.21. The zero-order chi connectivity index (χ0) is 14.0. The molecule has 1 fully saturated rings. The summed E-state index contributed by atoms with van der Waals surface area (Å²) < 4.78 is 0. The van der Waals surface area contributed by atoms with Crippen LogP contribution in [0.4, 0.5) is 0 Å². The van der Waals surface area contributed by atoms with E-state index in [0.717, 1.165) is 25.1 Å². The minimum Gasteiger partial charge on any atom is -0.341 e. The van der Waals surface area contributed by atoms with Gasteiger partial charge in [-0.3, -0.25) is 4.79 Å². The first kappa shape index (κ1) is 17.6. The van der Waals surface area contributed by atoms with Gasteiger partial charge in [0.05, 0.1) is 15.5 Å². The molecule has 20 heavy (non-hydrogen) atoms. The molecule has 6 heteroatoms. The summed E-state index contributed by atoms with van der Waals surface area (Å²) in [6.45, 7) is 4.21. The zero-order valence-electron chi connectivity index (χ0n) is 11.6. The molecule has 3 nitrogen and oxygen atoms in total. The van der Waals surface area contributed by atoms with Crippen LogP contribution < -0.4 is 5.32 Å². The minimum atomic E-state index is -0.287. The van der Waals surface area contributed by atoms with Crippen LogP contribution >= 0.6 is 35.6 Å². The predicted octanol–water partition coefficient (Wildman–Crippen LogP) is 3.37. The molecule has 1 atom stereocenters. The Morgan fingerprint density at radius 3 is 2.65 bits per heavy atom. The molecule has 1 heterocycles. The van der Waals surface area contributed by atoms with Crippen LogP contribution in [0, 0.1) is 5.41 Å². The third-order valence-corrected chi connectivity index (χ3v) is 4.37. The molecule has 0 aromatic heterocycles. The molecule has 1 N–H and O–H groups in total. The van der Waals surface area contributed by atoms with Crippen molar-refractivity contribution in [2.24, 2.45) is 5.41 Å². The van der Waals surface area contributed by atoms with Gasteiger partial charge in [-0.2, -0.15) is 0 Å². The van der Waals surface area contributed by atoms with Crippen LogP contribution in [0.3, 0.4) is 0 Å². The largest absolute Gasteiger partial charge is 0.341 e. The van der Waals surface area contributed by atoms with Crippen molar-refractivity contribution < 1.29 is 4.79 Å². The van der Waals surface area contributed by atoms with Crippen molar-refractivity contribution in [2.75, 3.05) is 20.1 Å². The van der Waals surface area contributed by atoms with Gasteiger partial charge in [0.2, 0.25) is 5.91 Å². The summed E-state index contributed by atoms with van der Waals surface area (Å²) in [6, 6.07) is 5.46. The van der Waals surface area contributed by atoms with Crippen LogP contribution in [0.15, 0.2) is 18.2 Å². The molecule has 0 bridgehead atoms. The van der Waals surface area contributed by atoms with E-state index in [0.29, 0.717) is 16.6 Å². The highest BCUT2D eigenvalue weighted by Gasteiger charge is 2.38. The molecule has 0 spiro atoms. The topological polar surface area (TPSA) is 32.3 Å². The zero-order valence-corrected chi connectivity index (χ0v) is 13.9. The Morgan fingerprint density at radius 1 is 1.40 bits per heavy atom. The van der Waals surface area contributed by atoms with Gasteiger partial charge in [0.15, 0.2) is 0 Å². The molecule has 112 valence electrons. The third kappa shape index (κ3) is 3.79. The normalized spacial score (nSPS) is 21.4. The maximum atomic E-state index is 12.5. The maximum Gasteiger partial charge on any atom is 0.229 e. The molecule has 1 amide bonds. The highest BCUT2D eigenvalue weighted by molar-refractivity contribution is 6.42. The van der Waals surface area contributed by atoms with Gasteiger partial charge in [-0.25, -0.2) is 0 Å². The number of hydrogen-bond donors (Lipinski definition) is 1. The van der Waals surface area contributed by atoms with E-state index in [1.807, 2.05) is 26.1 Å². The smallest absolute Gasteiger partial charge is 0.229 e. The number of amides is 1. The Balaban J connectivity index is 0.00000200. The first-order valence-corrected chi connectivity index (χ1v) is 7.08. The van der Waals surface area contributed by atoms with Crippen LogP contribution in [-0.2, 0) is 11.3 Å². The quantitative estimate of drug-likeness (QED) is 0.917. The van der Waals surface area contributed by atoms with Gasteiger partial charge in [-0.1, -0.05) is 29.3 Å². The first-order valence-electron chi connectivity index (χ1n) is 6.32. The fourth-order valence-corrected chi connectivity index (χ4v) is 2.76. The molecule has 1 aromatic carbocycles. The second-order valence-electron chi connectivity index (χ2n) is 5.40. The maximum absolute atomic E-state index is 12.5. The van der Waals surface area contributed by atoms with E-state index >= 15 is 0 Å². The standard InChI is InChI=1S/C14H18Cl2N2O.ClH/c1-14(5-6-17-9-14)13(19)18(2)8-10-3-4-11(15)12(16)7-10;/h3-4,7,17H,5-6,8-9H2,1-2H3;1H. The van der Waals surface area contributed by atoms with Gasteiger partial charge in [-0.05, 0) is 37.6 Å². The number of carbonyl (C=O) groups is 1. The molecular weight excluding hydrogens is 319 g/mol. The predicted molar refractivity (Wildman–Crippen MR) is 85.8 cm³/mol. The molecule has 1 aliphatic heterocycles. The number of nitrogens with zero attached hydrogens (tertiary/aromatic N) is 1. The summed E-state index contributed by atoms with van der Waals surface area (Å²) in [5.74, 6) is 0.170. The number of nitrogens with one attached hydrogen (secondary N) is 1. The van der Waals surface area contributed by atoms with E-state index in [9.17, 15) is 4.79 Å². The highest BCUT2D eigenvalue weighted by Crippen LogP contribution is 2.28. The van der Waals surface area contributed by atoms with Crippen molar-refractivity contribution in [1.29, 1.82) is 0 Å². The van der Waals surface area contributed by atoms with E-state index in [-0.39, 0.29) is 23.7 Å². The Morgan fingerprint density at radius 2 is 2.10 bits per heavy atom. The van der Waals surface area contributed by atoms with Crippen molar-refractivity contribution in [2.45, 2.75) is 19.9 Å². The fraction of sp³-hybridized carbons (Fsp3) is 0.500. The molecule has 1 saturated heterocycles. The molecule has 2 rings (SSSR count). The van der Waals surface area contributed by atoms with Gasteiger partial charge >= 0.3 is 0 Å². The lowest BCUT2D eigenvalue weighted by Crippen LogP contribution is -2.41. The molecule has 1 unspecified atom stereocenters. The second kappa shape index (κ2) is 6.99. The first-order chi connectivity index (χ1) is 8.92. The Kier molecular flexibility index (Phi) is 6.14. The van der Waals surface area contributed by atoms with Crippen molar-refractivity contribution >= 4 is 41.5 Å². The third-order valence-electron chi connectivity index (χ3n) is 3.64. The van der Waals surface area contributed by atoms with E-state index in [2.05, 4.69) is 5.32 Å². The fourth-order valence-electron chi connectivity index (χ4n) is 2.44. The highest BCUT2D eigenvalue weighted by atomic mass is 35.5. The van der Waals surface area contributed by atoms with Gasteiger partial charge in [0.1, 0.15) is 0 Å². The van der Waals surface area contributed by atoms with Gasteiger partial charge in [0, 0.05) is 20.1 Å². The Hall–Kier alpha value is -0.480. The number of carbonyl (C=O) groups excluding carboxylic acids is 1. The minimum absolute atomic E-state index is 0. The van der Waals surface area contributed by atoms with Crippen molar-refractivity contribution in [1.82, 2.24) is 10.2 Å². The van der Waals surface area contributed by atoms with E-state index in [4.69, 9.17) is 23.2 Å². The average molecular weight is 338 g/mol. The summed E-state index contributed by atoms with van der Waals surface area (Å²) in [4.78, 5) is 14.2. The Labute approximate surface area is 136 Å². The van der Waals surface area contributed by atoms with Crippen molar-refractivity contribution in [3.63, 3.8) is 0 Å². The summed E-state index contributed by atoms with van der Waals surface area (Å²) in [6.07, 6.45) is 0.886.